The first-order chi connectivity index (χ1) is 9.42. The number of rotatable bonds is 6. The summed E-state index contributed by atoms with van der Waals surface area (Å²) in [4.78, 5) is 23.8. The van der Waals surface area contributed by atoms with Crippen LogP contribution in [0.4, 0.5) is 0 Å². The van der Waals surface area contributed by atoms with Crippen LogP contribution in [0.15, 0.2) is 12.1 Å². The van der Waals surface area contributed by atoms with Gasteiger partial charge >= 0.3 is 5.97 Å². The van der Waals surface area contributed by atoms with Crippen molar-refractivity contribution >= 4 is 11.9 Å². The van der Waals surface area contributed by atoms with E-state index < -0.39 is 5.97 Å². The molecular formula is C16H23NO3. The Bertz CT molecular complexity index is 509. The number of hydrogen-bond acceptors (Lipinski definition) is 2. The topological polar surface area (TPSA) is 66.4 Å². The van der Waals surface area contributed by atoms with E-state index in [0.29, 0.717) is 11.1 Å². The second-order valence-electron chi connectivity index (χ2n) is 5.12. The molecule has 20 heavy (non-hydrogen) atoms. The number of carbonyl (C=O) groups excluding carboxylic acids is 1. The molecule has 4 heteroatoms. The summed E-state index contributed by atoms with van der Waals surface area (Å²) >= 11 is 0. The largest absolute Gasteiger partial charge is 0.478 e. The van der Waals surface area contributed by atoms with Gasteiger partial charge in [0.2, 0.25) is 0 Å². The molecule has 0 aromatic heterocycles. The van der Waals surface area contributed by atoms with Crippen molar-refractivity contribution in [2.24, 2.45) is 0 Å². The predicted molar refractivity (Wildman–Crippen MR) is 79.3 cm³/mol. The molecule has 4 nitrogen and oxygen atoms in total. The van der Waals surface area contributed by atoms with Gasteiger partial charge in [-0.15, -0.1) is 0 Å². The van der Waals surface area contributed by atoms with Crippen LogP contribution in [0.25, 0.3) is 0 Å². The van der Waals surface area contributed by atoms with Gasteiger partial charge in [0, 0.05) is 6.04 Å². The highest BCUT2D eigenvalue weighted by molar-refractivity contribution is 6.06. The van der Waals surface area contributed by atoms with Crippen LogP contribution in [0.2, 0.25) is 0 Å². The van der Waals surface area contributed by atoms with E-state index in [0.717, 1.165) is 19.3 Å². The van der Waals surface area contributed by atoms with E-state index >= 15 is 0 Å². The zero-order valence-corrected chi connectivity index (χ0v) is 12.6. The lowest BCUT2D eigenvalue weighted by molar-refractivity contribution is 0.0689. The fourth-order valence-electron chi connectivity index (χ4n) is 2.36. The lowest BCUT2D eigenvalue weighted by Gasteiger charge is -2.18. The lowest BCUT2D eigenvalue weighted by atomic mass is 9.96. The molecule has 0 heterocycles. The number of carboxylic acid groups (broad SMARTS) is 1. The van der Waals surface area contributed by atoms with E-state index in [1.165, 1.54) is 0 Å². The van der Waals surface area contributed by atoms with Crippen molar-refractivity contribution in [3.8, 4) is 0 Å². The normalized spacial score (nSPS) is 12.0. The number of nitrogens with one attached hydrogen (secondary N) is 1. The minimum atomic E-state index is -1.06. The SMILES string of the molecule is CCCC(CC)NC(=O)c1c(C)ccc(C)c1C(=O)O. The zero-order valence-electron chi connectivity index (χ0n) is 12.6. The van der Waals surface area contributed by atoms with E-state index in [4.69, 9.17) is 0 Å². The summed E-state index contributed by atoms with van der Waals surface area (Å²) in [7, 11) is 0. The Labute approximate surface area is 120 Å². The van der Waals surface area contributed by atoms with Gasteiger partial charge in [-0.1, -0.05) is 32.4 Å². The number of carbonyl (C=O) groups is 2. The Hall–Kier alpha value is -1.84. The monoisotopic (exact) mass is 277 g/mol. The number of aromatic carboxylic acids is 1. The third kappa shape index (κ3) is 3.59. The summed E-state index contributed by atoms with van der Waals surface area (Å²) in [6.45, 7) is 7.56. The molecule has 0 bridgehead atoms. The van der Waals surface area contributed by atoms with Crippen LogP contribution >= 0.6 is 0 Å². The number of amides is 1. The average molecular weight is 277 g/mol. The van der Waals surface area contributed by atoms with Crippen LogP contribution in [0.5, 0.6) is 0 Å². The van der Waals surface area contributed by atoms with Gasteiger partial charge in [-0.2, -0.15) is 0 Å². The van der Waals surface area contributed by atoms with Gasteiger partial charge in [-0.05, 0) is 37.8 Å². The predicted octanol–water partition coefficient (Wildman–Crippen LogP) is 3.31. The van der Waals surface area contributed by atoms with Gasteiger partial charge in [0.15, 0.2) is 0 Å². The molecule has 1 atom stereocenters. The van der Waals surface area contributed by atoms with Gasteiger partial charge in [0.1, 0.15) is 0 Å². The Balaban J connectivity index is 3.15. The van der Waals surface area contributed by atoms with Crippen molar-refractivity contribution in [2.45, 2.75) is 53.0 Å². The first-order valence-corrected chi connectivity index (χ1v) is 7.06. The summed E-state index contributed by atoms with van der Waals surface area (Å²) in [6.07, 6.45) is 2.72. The molecule has 0 spiro atoms. The molecule has 1 amide bonds. The highest BCUT2D eigenvalue weighted by Gasteiger charge is 2.22. The van der Waals surface area contributed by atoms with E-state index in [9.17, 15) is 14.7 Å². The van der Waals surface area contributed by atoms with Crippen molar-refractivity contribution in [3.63, 3.8) is 0 Å². The Morgan fingerprint density at radius 1 is 1.15 bits per heavy atom. The summed E-state index contributed by atoms with van der Waals surface area (Å²) in [6, 6.07) is 3.62. The smallest absolute Gasteiger partial charge is 0.336 e. The summed E-state index contributed by atoms with van der Waals surface area (Å²) in [5, 5.41) is 12.3. The van der Waals surface area contributed by atoms with Gasteiger partial charge in [0.05, 0.1) is 11.1 Å². The van der Waals surface area contributed by atoms with E-state index in [1.54, 1.807) is 26.0 Å². The molecule has 1 unspecified atom stereocenters. The van der Waals surface area contributed by atoms with Crippen molar-refractivity contribution < 1.29 is 14.7 Å². The van der Waals surface area contributed by atoms with Crippen LogP contribution < -0.4 is 5.32 Å². The molecule has 2 N–H and O–H groups in total. The molecule has 0 saturated heterocycles. The van der Waals surface area contributed by atoms with Crippen molar-refractivity contribution in [3.05, 3.63) is 34.4 Å². The molecule has 0 saturated carbocycles. The fourth-order valence-corrected chi connectivity index (χ4v) is 2.36. The van der Waals surface area contributed by atoms with Gasteiger partial charge in [-0.3, -0.25) is 4.79 Å². The van der Waals surface area contributed by atoms with Gasteiger partial charge in [-0.25, -0.2) is 4.79 Å². The van der Waals surface area contributed by atoms with E-state index in [-0.39, 0.29) is 23.1 Å². The number of hydrogen-bond donors (Lipinski definition) is 2. The molecule has 0 radical (unpaired) electrons. The number of benzene rings is 1. The highest BCUT2D eigenvalue weighted by Crippen LogP contribution is 2.19. The van der Waals surface area contributed by atoms with Gasteiger partial charge < -0.3 is 10.4 Å². The molecule has 0 aliphatic heterocycles. The molecule has 0 aliphatic carbocycles. The standard InChI is InChI=1S/C16H23NO3/c1-5-7-12(6-2)17-15(18)13-10(3)8-9-11(4)14(13)16(19)20/h8-9,12H,5-7H2,1-4H3,(H,17,18)(H,19,20). The zero-order chi connectivity index (χ0) is 15.3. The maximum Gasteiger partial charge on any atom is 0.336 e. The quantitative estimate of drug-likeness (QED) is 0.838. The Morgan fingerprint density at radius 3 is 2.15 bits per heavy atom. The van der Waals surface area contributed by atoms with Crippen molar-refractivity contribution in [1.82, 2.24) is 5.32 Å². The molecular weight excluding hydrogens is 254 g/mol. The number of aryl methyl sites for hydroxylation is 2. The van der Waals surface area contributed by atoms with Crippen molar-refractivity contribution in [2.75, 3.05) is 0 Å². The third-order valence-electron chi connectivity index (χ3n) is 3.53. The minimum Gasteiger partial charge on any atom is -0.478 e. The van der Waals surface area contributed by atoms with E-state index in [2.05, 4.69) is 12.2 Å². The average Bonchev–Trinajstić information content (AvgIpc) is 2.39. The fraction of sp³-hybridized carbons (Fsp3) is 0.500. The maximum absolute atomic E-state index is 12.4. The maximum atomic E-state index is 12.4. The second-order valence-corrected chi connectivity index (χ2v) is 5.12. The van der Waals surface area contributed by atoms with Crippen LogP contribution in [-0.2, 0) is 0 Å². The van der Waals surface area contributed by atoms with Gasteiger partial charge in [0.25, 0.3) is 5.91 Å². The Morgan fingerprint density at radius 2 is 1.70 bits per heavy atom. The third-order valence-corrected chi connectivity index (χ3v) is 3.53. The highest BCUT2D eigenvalue weighted by atomic mass is 16.4. The Kier molecular flexibility index (Phi) is 5.74. The molecule has 1 aromatic rings. The number of carboxylic acids is 1. The minimum absolute atomic E-state index is 0.0917. The lowest BCUT2D eigenvalue weighted by Crippen LogP contribution is -2.35. The molecule has 0 aliphatic rings. The molecule has 110 valence electrons. The first kappa shape index (κ1) is 16.2. The van der Waals surface area contributed by atoms with Crippen LogP contribution in [0.1, 0.15) is 65.0 Å². The van der Waals surface area contributed by atoms with E-state index in [1.807, 2.05) is 6.92 Å². The summed E-state index contributed by atoms with van der Waals surface area (Å²) in [5.74, 6) is -1.34. The summed E-state index contributed by atoms with van der Waals surface area (Å²) < 4.78 is 0. The van der Waals surface area contributed by atoms with Crippen LogP contribution in [0.3, 0.4) is 0 Å². The van der Waals surface area contributed by atoms with Crippen LogP contribution in [-0.4, -0.2) is 23.0 Å². The molecule has 1 rings (SSSR count). The summed E-state index contributed by atoms with van der Waals surface area (Å²) in [5.41, 5.74) is 1.69. The second kappa shape index (κ2) is 7.08. The molecule has 0 fully saturated rings. The first-order valence-electron chi connectivity index (χ1n) is 7.06. The van der Waals surface area contributed by atoms with Crippen molar-refractivity contribution in [1.29, 1.82) is 0 Å². The van der Waals surface area contributed by atoms with Crippen LogP contribution in [0, 0.1) is 13.8 Å². The molecule has 1 aromatic carbocycles.